The molecular formula is C15H23BrN2. The maximum Gasteiger partial charge on any atom is 0.0484 e. The van der Waals surface area contributed by atoms with Crippen LogP contribution in [-0.4, -0.2) is 24.0 Å². The Morgan fingerprint density at radius 3 is 2.83 bits per heavy atom. The zero-order chi connectivity index (χ0) is 13.0. The lowest BCUT2D eigenvalue weighted by Crippen LogP contribution is -2.44. The molecule has 1 aromatic rings. The molecule has 2 rings (SSSR count). The van der Waals surface area contributed by atoms with E-state index >= 15 is 0 Å². The highest BCUT2D eigenvalue weighted by atomic mass is 79.9. The number of halogens is 1. The summed E-state index contributed by atoms with van der Waals surface area (Å²) in [7, 11) is 0. The van der Waals surface area contributed by atoms with E-state index in [-0.39, 0.29) is 0 Å². The third-order valence-electron chi connectivity index (χ3n) is 4.03. The van der Waals surface area contributed by atoms with Crippen LogP contribution < -0.4 is 5.73 Å². The van der Waals surface area contributed by atoms with Gasteiger partial charge in [0, 0.05) is 23.1 Å². The zero-order valence-electron chi connectivity index (χ0n) is 11.1. The number of hydrogen-bond donors (Lipinski definition) is 1. The van der Waals surface area contributed by atoms with E-state index in [2.05, 4.69) is 52.0 Å². The van der Waals surface area contributed by atoms with Gasteiger partial charge in [-0.3, -0.25) is 4.90 Å². The van der Waals surface area contributed by atoms with Crippen LogP contribution in [0.4, 0.5) is 0 Å². The summed E-state index contributed by atoms with van der Waals surface area (Å²) in [6.45, 7) is 4.16. The van der Waals surface area contributed by atoms with Crippen LogP contribution in [0.1, 0.15) is 44.2 Å². The Morgan fingerprint density at radius 1 is 1.39 bits per heavy atom. The second kappa shape index (κ2) is 6.69. The van der Waals surface area contributed by atoms with E-state index in [1.165, 1.54) is 42.3 Å². The molecule has 0 bridgehead atoms. The van der Waals surface area contributed by atoms with E-state index < -0.39 is 0 Å². The number of rotatable bonds is 4. The summed E-state index contributed by atoms with van der Waals surface area (Å²) in [6, 6.07) is 9.53. The standard InChI is InChI=1S/C15H23BrN2/c1-2-12-7-5-6-10-18(12)15(11-17)13-8-3-4-9-14(13)16/h3-4,8-9,12,15H,2,5-7,10-11,17H2,1H3. The number of nitrogens with two attached hydrogens (primary N) is 1. The second-order valence-electron chi connectivity index (χ2n) is 5.07. The number of hydrogen-bond acceptors (Lipinski definition) is 2. The van der Waals surface area contributed by atoms with E-state index in [0.29, 0.717) is 18.6 Å². The highest BCUT2D eigenvalue weighted by molar-refractivity contribution is 9.10. The number of piperidine rings is 1. The molecule has 0 amide bonds. The highest BCUT2D eigenvalue weighted by Gasteiger charge is 2.28. The average molecular weight is 311 g/mol. The van der Waals surface area contributed by atoms with E-state index in [1.807, 2.05) is 0 Å². The SMILES string of the molecule is CCC1CCCCN1C(CN)c1ccccc1Br. The summed E-state index contributed by atoms with van der Waals surface area (Å²) in [4.78, 5) is 2.61. The maximum atomic E-state index is 6.06. The number of likely N-dealkylation sites (tertiary alicyclic amines) is 1. The first-order valence-corrected chi connectivity index (χ1v) is 7.77. The van der Waals surface area contributed by atoms with Gasteiger partial charge in [-0.25, -0.2) is 0 Å². The van der Waals surface area contributed by atoms with Crippen molar-refractivity contribution in [3.8, 4) is 0 Å². The Bertz CT molecular complexity index is 381. The summed E-state index contributed by atoms with van der Waals surface area (Å²) in [5, 5.41) is 0. The van der Waals surface area contributed by atoms with Gasteiger partial charge in [0.2, 0.25) is 0 Å². The summed E-state index contributed by atoms with van der Waals surface area (Å²) in [5.41, 5.74) is 7.39. The van der Waals surface area contributed by atoms with Gasteiger partial charge < -0.3 is 5.73 Å². The Kier molecular flexibility index (Phi) is 5.22. The van der Waals surface area contributed by atoms with Gasteiger partial charge in [0.1, 0.15) is 0 Å². The van der Waals surface area contributed by atoms with Crippen molar-refractivity contribution in [2.45, 2.75) is 44.7 Å². The molecule has 1 aliphatic rings. The van der Waals surface area contributed by atoms with E-state index in [0.717, 1.165) is 0 Å². The maximum absolute atomic E-state index is 6.06. The fourth-order valence-corrected chi connectivity index (χ4v) is 3.61. The molecule has 1 fully saturated rings. The Labute approximate surface area is 119 Å². The van der Waals surface area contributed by atoms with Gasteiger partial charge in [0.05, 0.1) is 0 Å². The molecule has 2 atom stereocenters. The first-order chi connectivity index (χ1) is 8.77. The van der Waals surface area contributed by atoms with Crippen LogP contribution in [0, 0.1) is 0 Å². The molecule has 100 valence electrons. The fourth-order valence-electron chi connectivity index (χ4n) is 3.06. The first kappa shape index (κ1) is 14.0. The molecule has 1 heterocycles. The molecule has 1 saturated heterocycles. The lowest BCUT2D eigenvalue weighted by atomic mass is 9.95. The topological polar surface area (TPSA) is 29.3 Å². The lowest BCUT2D eigenvalue weighted by molar-refractivity contribution is 0.0946. The summed E-state index contributed by atoms with van der Waals surface area (Å²) in [6.07, 6.45) is 5.21. The monoisotopic (exact) mass is 310 g/mol. The smallest absolute Gasteiger partial charge is 0.0484 e. The molecule has 1 aliphatic heterocycles. The van der Waals surface area contributed by atoms with Crippen molar-refractivity contribution in [1.29, 1.82) is 0 Å². The fraction of sp³-hybridized carbons (Fsp3) is 0.600. The minimum Gasteiger partial charge on any atom is -0.329 e. The van der Waals surface area contributed by atoms with Crippen LogP contribution in [0.3, 0.4) is 0 Å². The first-order valence-electron chi connectivity index (χ1n) is 6.98. The Hall–Kier alpha value is -0.380. The molecule has 3 heteroatoms. The minimum atomic E-state index is 0.353. The molecule has 0 radical (unpaired) electrons. The average Bonchev–Trinajstić information content (AvgIpc) is 2.42. The molecule has 2 unspecified atom stereocenters. The van der Waals surface area contributed by atoms with Gasteiger partial charge in [-0.1, -0.05) is 47.5 Å². The van der Waals surface area contributed by atoms with Crippen LogP contribution in [0.5, 0.6) is 0 Å². The summed E-state index contributed by atoms with van der Waals surface area (Å²) < 4.78 is 1.18. The van der Waals surface area contributed by atoms with E-state index in [1.54, 1.807) is 0 Å². The Morgan fingerprint density at radius 2 is 2.17 bits per heavy atom. The lowest BCUT2D eigenvalue weighted by Gasteiger charge is -2.41. The molecule has 0 spiro atoms. The van der Waals surface area contributed by atoms with Crippen LogP contribution in [-0.2, 0) is 0 Å². The molecule has 1 aromatic carbocycles. The van der Waals surface area contributed by atoms with Gasteiger partial charge in [-0.15, -0.1) is 0 Å². The van der Waals surface area contributed by atoms with Crippen molar-refractivity contribution in [3.05, 3.63) is 34.3 Å². The largest absolute Gasteiger partial charge is 0.329 e. The van der Waals surface area contributed by atoms with Crippen molar-refractivity contribution < 1.29 is 0 Å². The number of nitrogens with zero attached hydrogens (tertiary/aromatic N) is 1. The zero-order valence-corrected chi connectivity index (χ0v) is 12.7. The molecular weight excluding hydrogens is 288 g/mol. The molecule has 0 aliphatic carbocycles. The third-order valence-corrected chi connectivity index (χ3v) is 4.75. The molecule has 0 aromatic heterocycles. The normalized spacial score (nSPS) is 22.9. The quantitative estimate of drug-likeness (QED) is 0.918. The van der Waals surface area contributed by atoms with Crippen LogP contribution in [0.25, 0.3) is 0 Å². The van der Waals surface area contributed by atoms with E-state index in [4.69, 9.17) is 5.73 Å². The molecule has 0 saturated carbocycles. The van der Waals surface area contributed by atoms with Crippen molar-refractivity contribution in [2.24, 2.45) is 5.73 Å². The predicted octanol–water partition coefficient (Wildman–Crippen LogP) is 3.71. The summed E-state index contributed by atoms with van der Waals surface area (Å²) >= 11 is 3.66. The van der Waals surface area contributed by atoms with Gasteiger partial charge in [0.15, 0.2) is 0 Å². The molecule has 18 heavy (non-hydrogen) atoms. The van der Waals surface area contributed by atoms with E-state index in [9.17, 15) is 0 Å². The van der Waals surface area contributed by atoms with Crippen LogP contribution >= 0.6 is 15.9 Å². The third kappa shape index (κ3) is 2.95. The van der Waals surface area contributed by atoms with Gasteiger partial charge in [-0.2, -0.15) is 0 Å². The summed E-state index contributed by atoms with van der Waals surface area (Å²) in [5.74, 6) is 0. The van der Waals surface area contributed by atoms with Crippen molar-refractivity contribution >= 4 is 15.9 Å². The van der Waals surface area contributed by atoms with Crippen molar-refractivity contribution in [1.82, 2.24) is 4.90 Å². The van der Waals surface area contributed by atoms with Gasteiger partial charge in [0.25, 0.3) is 0 Å². The second-order valence-corrected chi connectivity index (χ2v) is 5.92. The highest BCUT2D eigenvalue weighted by Crippen LogP contribution is 2.32. The molecule has 2 N–H and O–H groups in total. The predicted molar refractivity (Wildman–Crippen MR) is 80.6 cm³/mol. The molecule has 2 nitrogen and oxygen atoms in total. The minimum absolute atomic E-state index is 0.353. The van der Waals surface area contributed by atoms with Crippen molar-refractivity contribution in [2.75, 3.05) is 13.1 Å². The van der Waals surface area contributed by atoms with Crippen LogP contribution in [0.2, 0.25) is 0 Å². The van der Waals surface area contributed by atoms with Gasteiger partial charge in [-0.05, 0) is 37.4 Å². The number of benzene rings is 1. The van der Waals surface area contributed by atoms with Crippen LogP contribution in [0.15, 0.2) is 28.7 Å². The Balaban J connectivity index is 2.24. The van der Waals surface area contributed by atoms with Gasteiger partial charge >= 0.3 is 0 Å². The van der Waals surface area contributed by atoms with Crippen molar-refractivity contribution in [3.63, 3.8) is 0 Å².